The van der Waals surface area contributed by atoms with Crippen LogP contribution < -0.4 is 22.3 Å². The molecule has 2 aliphatic rings. The number of aromatic nitrogens is 4. The highest BCUT2D eigenvalue weighted by Crippen LogP contribution is 2.27. The van der Waals surface area contributed by atoms with Gasteiger partial charge in [-0.15, -0.1) is 0 Å². The van der Waals surface area contributed by atoms with Gasteiger partial charge >= 0.3 is 5.69 Å². The van der Waals surface area contributed by atoms with Crippen molar-refractivity contribution < 1.29 is 20.4 Å². The van der Waals surface area contributed by atoms with E-state index in [0.29, 0.717) is 24.1 Å². The summed E-state index contributed by atoms with van der Waals surface area (Å²) in [5.41, 5.74) is 6.27. The summed E-state index contributed by atoms with van der Waals surface area (Å²) in [7, 11) is 0. The zero-order chi connectivity index (χ0) is 22.7. The third-order valence-corrected chi connectivity index (χ3v) is 5.00. The van der Waals surface area contributed by atoms with Crippen LogP contribution in [-0.2, 0) is 6.54 Å². The van der Waals surface area contributed by atoms with Crippen LogP contribution in [0.3, 0.4) is 0 Å². The number of hydrogen-bond acceptors (Lipinski definition) is 10. The molecule has 0 spiro atoms. The van der Waals surface area contributed by atoms with Crippen LogP contribution in [0.25, 0.3) is 22.6 Å². The smallest absolute Gasteiger partial charge is 0.349 e. The largest absolute Gasteiger partial charge is 0.394 e. The van der Waals surface area contributed by atoms with Gasteiger partial charge in [0, 0.05) is 12.2 Å². The molecule has 12 nitrogen and oxygen atoms in total. The number of aryl methyl sites for hydroxylation is 1. The van der Waals surface area contributed by atoms with Gasteiger partial charge in [0.1, 0.15) is 18.3 Å². The highest BCUT2D eigenvalue weighted by atomic mass is 16.4. The van der Waals surface area contributed by atoms with Crippen LogP contribution in [0.15, 0.2) is 21.7 Å². The number of nitrogens with one attached hydrogen (secondary N) is 2. The van der Waals surface area contributed by atoms with Crippen LogP contribution in [0.2, 0.25) is 0 Å². The number of aromatic amines is 1. The van der Waals surface area contributed by atoms with E-state index >= 15 is 0 Å². The Morgan fingerprint density at radius 1 is 1.19 bits per heavy atom. The average Bonchev–Trinajstić information content (AvgIpc) is 2.73. The first-order valence-electron chi connectivity index (χ1n) is 9.81. The van der Waals surface area contributed by atoms with Crippen molar-refractivity contribution in [2.45, 2.75) is 38.2 Å². The van der Waals surface area contributed by atoms with E-state index in [0.717, 1.165) is 17.7 Å². The average molecular weight is 434 g/mol. The molecule has 3 atom stereocenters. The molecule has 0 saturated carbocycles. The topological polar surface area (TPSA) is 200 Å². The zero-order valence-corrected chi connectivity index (χ0v) is 16.9. The van der Waals surface area contributed by atoms with Gasteiger partial charge < -0.3 is 36.0 Å². The summed E-state index contributed by atoms with van der Waals surface area (Å²) in [5, 5.41) is 42.5. The maximum atomic E-state index is 12.3. The van der Waals surface area contributed by atoms with Gasteiger partial charge in [-0.25, -0.2) is 9.78 Å². The number of aliphatic hydroxyl groups is 4. The first-order valence-corrected chi connectivity index (χ1v) is 9.81. The highest BCUT2D eigenvalue weighted by molar-refractivity contribution is 5.84. The summed E-state index contributed by atoms with van der Waals surface area (Å²) < 4.78 is 1.39. The molecule has 3 unspecified atom stereocenters. The van der Waals surface area contributed by atoms with Gasteiger partial charge in [0.2, 0.25) is 0 Å². The van der Waals surface area contributed by atoms with E-state index in [9.17, 15) is 24.9 Å². The summed E-state index contributed by atoms with van der Waals surface area (Å²) in [6.45, 7) is 1.92. The number of anilines is 1. The number of rotatable bonds is 9. The molecule has 31 heavy (non-hydrogen) atoms. The summed E-state index contributed by atoms with van der Waals surface area (Å²) in [6.07, 6.45) is -4.03. The van der Waals surface area contributed by atoms with Crippen LogP contribution in [0.4, 0.5) is 5.69 Å². The van der Waals surface area contributed by atoms with E-state index in [4.69, 9.17) is 10.8 Å². The maximum Gasteiger partial charge on any atom is 0.349 e. The van der Waals surface area contributed by atoms with Gasteiger partial charge in [-0.1, -0.05) is 0 Å². The van der Waals surface area contributed by atoms with Gasteiger partial charge in [-0.3, -0.25) is 9.78 Å². The molecule has 12 heteroatoms. The normalized spacial score (nSPS) is 14.6. The van der Waals surface area contributed by atoms with Crippen molar-refractivity contribution in [2.24, 2.45) is 5.73 Å². The van der Waals surface area contributed by atoms with E-state index < -0.39 is 36.2 Å². The van der Waals surface area contributed by atoms with Crippen LogP contribution in [0, 0.1) is 6.92 Å². The minimum atomic E-state index is -1.67. The third kappa shape index (κ3) is 4.73. The van der Waals surface area contributed by atoms with Gasteiger partial charge in [0.05, 0.1) is 24.2 Å². The molecule has 0 fully saturated rings. The summed E-state index contributed by atoms with van der Waals surface area (Å²) in [4.78, 5) is 34.4. The quantitative estimate of drug-likeness (QED) is 0.142. The second-order valence-corrected chi connectivity index (χ2v) is 7.30. The number of hydrogen-bond donors (Lipinski definition) is 7. The Morgan fingerprint density at radius 3 is 2.61 bits per heavy atom. The molecule has 168 valence electrons. The number of aliphatic hydroxyl groups excluding tert-OH is 4. The lowest BCUT2D eigenvalue weighted by Gasteiger charge is -2.25. The molecular formula is C19H26N6O6. The molecule has 2 aliphatic heterocycles. The third-order valence-electron chi connectivity index (χ3n) is 5.00. The lowest BCUT2D eigenvalue weighted by Crippen LogP contribution is -2.42. The molecule has 1 aromatic carbocycles. The minimum Gasteiger partial charge on any atom is -0.394 e. The molecule has 8 N–H and O–H groups in total. The van der Waals surface area contributed by atoms with E-state index in [2.05, 4.69) is 20.3 Å². The van der Waals surface area contributed by atoms with Gasteiger partial charge in [0.15, 0.2) is 11.5 Å². The van der Waals surface area contributed by atoms with Crippen LogP contribution in [0.5, 0.6) is 0 Å². The Kier molecular flexibility index (Phi) is 6.97. The second-order valence-electron chi connectivity index (χ2n) is 7.30. The van der Waals surface area contributed by atoms with Crippen molar-refractivity contribution in [1.29, 1.82) is 0 Å². The summed E-state index contributed by atoms with van der Waals surface area (Å²) >= 11 is 0. The monoisotopic (exact) mass is 434 g/mol. The standard InChI is InChI=1S/C19H26N6O6/c1-9-5-11-12(6-10(9)21-4-2-3-20)25(7-13(27)16(29)14(28)8-26)17-15(22-11)18(30)24-19(31)23-17/h5-6,13-14,16,21,26-29H,2-4,7-8,20H2,1H3,(H,24,30,31). The molecule has 3 rings (SSSR count). The number of benzene rings is 1. The Labute approximate surface area is 176 Å². The Morgan fingerprint density at radius 2 is 1.94 bits per heavy atom. The van der Waals surface area contributed by atoms with Crippen molar-refractivity contribution in [2.75, 3.05) is 25.0 Å². The second kappa shape index (κ2) is 9.49. The first kappa shape index (κ1) is 22.8. The van der Waals surface area contributed by atoms with Crippen molar-refractivity contribution in [1.82, 2.24) is 19.5 Å². The Balaban J connectivity index is 2.21. The van der Waals surface area contributed by atoms with Gasteiger partial charge in [-0.2, -0.15) is 4.98 Å². The molecule has 2 heterocycles. The van der Waals surface area contributed by atoms with Crippen LogP contribution >= 0.6 is 0 Å². The summed E-state index contributed by atoms with van der Waals surface area (Å²) in [6, 6.07) is 3.48. The maximum absolute atomic E-state index is 12.3. The van der Waals surface area contributed by atoms with Crippen LogP contribution in [-0.4, -0.2) is 78.0 Å². The number of fused-ring (bicyclic) bond motifs is 2. The fourth-order valence-electron chi connectivity index (χ4n) is 3.31. The molecule has 0 aliphatic carbocycles. The van der Waals surface area contributed by atoms with Crippen molar-refractivity contribution >= 4 is 16.7 Å². The fourth-order valence-corrected chi connectivity index (χ4v) is 3.31. The van der Waals surface area contributed by atoms with Gasteiger partial charge in [0.25, 0.3) is 5.56 Å². The van der Waals surface area contributed by atoms with Crippen molar-refractivity contribution in [3.05, 3.63) is 38.5 Å². The van der Waals surface area contributed by atoms with Crippen molar-refractivity contribution in [3.63, 3.8) is 0 Å². The SMILES string of the molecule is Cc1cc2nc3c(=O)[nH]c(=O)nc-3n(CC(O)C(O)C(O)CO)c2cc1NCCCN. The van der Waals surface area contributed by atoms with Gasteiger partial charge in [-0.05, 0) is 37.6 Å². The molecule has 0 amide bonds. The lowest BCUT2D eigenvalue weighted by molar-refractivity contribution is -0.0802. The summed E-state index contributed by atoms with van der Waals surface area (Å²) in [5.74, 6) is -0.0808. The van der Waals surface area contributed by atoms with E-state index in [1.54, 1.807) is 12.1 Å². The fraction of sp³-hybridized carbons (Fsp3) is 0.474. The number of nitrogens with zero attached hydrogens (tertiary/aromatic N) is 3. The Bertz CT molecular complexity index is 1150. The van der Waals surface area contributed by atoms with E-state index in [1.807, 2.05) is 6.92 Å². The number of nitrogens with two attached hydrogens (primary N) is 1. The predicted molar refractivity (Wildman–Crippen MR) is 113 cm³/mol. The highest BCUT2D eigenvalue weighted by Gasteiger charge is 2.27. The molecule has 0 radical (unpaired) electrons. The van der Waals surface area contributed by atoms with E-state index in [1.165, 1.54) is 4.57 Å². The van der Waals surface area contributed by atoms with E-state index in [-0.39, 0.29) is 18.1 Å². The van der Waals surface area contributed by atoms with Crippen LogP contribution in [0.1, 0.15) is 12.0 Å². The molecular weight excluding hydrogens is 408 g/mol. The minimum absolute atomic E-state index is 0.0808. The lowest BCUT2D eigenvalue weighted by atomic mass is 10.1. The zero-order valence-electron chi connectivity index (χ0n) is 16.9. The predicted octanol–water partition coefficient (Wildman–Crippen LogP) is -2.27. The molecule has 0 aromatic heterocycles. The Hall–Kier alpha value is -2.90. The molecule has 0 bridgehead atoms. The van der Waals surface area contributed by atoms with Crippen molar-refractivity contribution in [3.8, 4) is 11.5 Å². The molecule has 0 saturated heterocycles. The number of H-pyrrole nitrogens is 1. The molecule has 1 aromatic rings. The first-order chi connectivity index (χ1) is 14.8.